The molecule has 1 fully saturated rings. The first-order chi connectivity index (χ1) is 17.9. The van der Waals surface area contributed by atoms with Gasteiger partial charge in [-0.05, 0) is 68.2 Å². The number of aryl methyl sites for hydroxylation is 1. The number of rotatable bonds is 9. The van der Waals surface area contributed by atoms with E-state index in [4.69, 9.17) is 14.7 Å². The molecule has 2 amide bonds. The number of methoxy groups -OCH3 is 1. The van der Waals surface area contributed by atoms with E-state index in [1.165, 1.54) is 19.2 Å². The fourth-order valence-electron chi connectivity index (χ4n) is 4.80. The van der Waals surface area contributed by atoms with Crippen molar-refractivity contribution >= 4 is 17.5 Å². The zero-order valence-electron chi connectivity index (χ0n) is 21.0. The number of hydrogen-bond acceptors (Lipinski definition) is 8. The summed E-state index contributed by atoms with van der Waals surface area (Å²) in [5.41, 5.74) is 2.15. The molecule has 1 aromatic carbocycles. The lowest BCUT2D eigenvalue weighted by molar-refractivity contribution is -0.124. The van der Waals surface area contributed by atoms with Crippen LogP contribution >= 0.6 is 0 Å². The molecule has 198 valence electrons. The van der Waals surface area contributed by atoms with Crippen LogP contribution in [0.25, 0.3) is 0 Å². The highest BCUT2D eigenvalue weighted by Crippen LogP contribution is 2.35. The molecule has 4 rings (SSSR count). The Hall–Kier alpha value is -3.60. The zero-order valence-corrected chi connectivity index (χ0v) is 21.0. The topological polar surface area (TPSA) is 135 Å². The largest absolute Gasteiger partial charge is 0.494 e. The Morgan fingerprint density at radius 1 is 1.16 bits per heavy atom. The Morgan fingerprint density at radius 3 is 2.68 bits per heavy atom. The number of carbonyl (C=O) groups is 2. The summed E-state index contributed by atoms with van der Waals surface area (Å²) in [5.74, 6) is 0.122. The molecule has 1 saturated carbocycles. The summed E-state index contributed by atoms with van der Waals surface area (Å²) in [4.78, 5) is 38.6. The molecule has 2 aliphatic rings. The number of aliphatic hydroxyl groups excluding tert-OH is 1. The number of benzene rings is 1. The van der Waals surface area contributed by atoms with E-state index < -0.39 is 12.4 Å². The number of ether oxygens (including phenoxy) is 1. The molecule has 0 bridgehead atoms. The fourth-order valence-corrected chi connectivity index (χ4v) is 4.80. The predicted molar refractivity (Wildman–Crippen MR) is 132 cm³/mol. The van der Waals surface area contributed by atoms with Crippen molar-refractivity contribution < 1.29 is 28.7 Å². The third-order valence-corrected chi connectivity index (χ3v) is 6.88. The van der Waals surface area contributed by atoms with E-state index >= 15 is 0 Å². The SMILES string of the molecule is COc1cc(CNC(=O)c2cc(C3=NO[C@@H]([C@H]4CC[C@H](CNC(=O)CO)CC4)C3)nc(C)n2)ccc1F. The van der Waals surface area contributed by atoms with Crippen molar-refractivity contribution in [3.05, 3.63) is 52.9 Å². The van der Waals surface area contributed by atoms with Gasteiger partial charge in [-0.25, -0.2) is 14.4 Å². The van der Waals surface area contributed by atoms with Crippen molar-refractivity contribution in [1.82, 2.24) is 20.6 Å². The van der Waals surface area contributed by atoms with Gasteiger partial charge in [-0.2, -0.15) is 0 Å². The minimum atomic E-state index is -0.485. The van der Waals surface area contributed by atoms with Gasteiger partial charge in [0.2, 0.25) is 5.91 Å². The first-order valence-corrected chi connectivity index (χ1v) is 12.4. The summed E-state index contributed by atoms with van der Waals surface area (Å²) in [7, 11) is 1.39. The first-order valence-electron chi connectivity index (χ1n) is 12.4. The minimum absolute atomic E-state index is 0.0519. The first kappa shape index (κ1) is 26.5. The van der Waals surface area contributed by atoms with E-state index in [0.717, 1.165) is 25.7 Å². The minimum Gasteiger partial charge on any atom is -0.494 e. The van der Waals surface area contributed by atoms with Gasteiger partial charge in [0.05, 0.1) is 12.8 Å². The molecule has 2 aromatic rings. The van der Waals surface area contributed by atoms with Gasteiger partial charge in [0, 0.05) is 19.5 Å². The highest BCUT2D eigenvalue weighted by atomic mass is 19.1. The third-order valence-electron chi connectivity index (χ3n) is 6.88. The Morgan fingerprint density at radius 2 is 1.95 bits per heavy atom. The molecule has 2 heterocycles. The Kier molecular flexibility index (Phi) is 8.65. The van der Waals surface area contributed by atoms with Gasteiger partial charge in [0.25, 0.3) is 5.91 Å². The molecular weight excluding hydrogens is 481 g/mol. The highest BCUT2D eigenvalue weighted by Gasteiger charge is 2.34. The Balaban J connectivity index is 1.32. The molecule has 37 heavy (non-hydrogen) atoms. The second-order valence-electron chi connectivity index (χ2n) is 9.47. The monoisotopic (exact) mass is 513 g/mol. The van der Waals surface area contributed by atoms with Gasteiger partial charge < -0.3 is 25.3 Å². The summed E-state index contributed by atoms with van der Waals surface area (Å²) >= 11 is 0. The maximum Gasteiger partial charge on any atom is 0.270 e. The summed E-state index contributed by atoms with van der Waals surface area (Å²) in [6.45, 7) is 2.00. The lowest BCUT2D eigenvalue weighted by Crippen LogP contribution is -2.34. The molecule has 0 saturated heterocycles. The average molecular weight is 514 g/mol. The summed E-state index contributed by atoms with van der Waals surface area (Å²) in [6.07, 6.45) is 4.44. The molecule has 1 aromatic heterocycles. The summed E-state index contributed by atoms with van der Waals surface area (Å²) < 4.78 is 18.6. The van der Waals surface area contributed by atoms with Crippen molar-refractivity contribution in [3.63, 3.8) is 0 Å². The van der Waals surface area contributed by atoms with Crippen LogP contribution in [0.15, 0.2) is 29.4 Å². The molecule has 1 atom stereocenters. The smallest absolute Gasteiger partial charge is 0.270 e. The number of carbonyl (C=O) groups excluding carboxylic acids is 2. The van der Waals surface area contributed by atoms with Gasteiger partial charge in [-0.3, -0.25) is 9.59 Å². The Labute approximate surface area is 214 Å². The van der Waals surface area contributed by atoms with Gasteiger partial charge >= 0.3 is 0 Å². The summed E-state index contributed by atoms with van der Waals surface area (Å²) in [5, 5.41) is 18.7. The fraction of sp³-hybridized carbons (Fsp3) is 0.500. The van der Waals surface area contributed by atoms with E-state index in [1.807, 2.05) is 0 Å². The van der Waals surface area contributed by atoms with Crippen LogP contribution in [-0.2, 0) is 16.2 Å². The number of nitrogens with zero attached hydrogens (tertiary/aromatic N) is 3. The van der Waals surface area contributed by atoms with Gasteiger partial charge in [0.1, 0.15) is 29.9 Å². The van der Waals surface area contributed by atoms with Crippen LogP contribution in [-0.4, -0.2) is 59.0 Å². The number of amides is 2. The lowest BCUT2D eigenvalue weighted by Gasteiger charge is -2.30. The molecule has 3 N–H and O–H groups in total. The number of halogens is 1. The van der Waals surface area contributed by atoms with Gasteiger partial charge in [0.15, 0.2) is 11.6 Å². The van der Waals surface area contributed by atoms with Crippen molar-refractivity contribution in [3.8, 4) is 5.75 Å². The molecule has 0 spiro atoms. The molecule has 0 radical (unpaired) electrons. The maximum absolute atomic E-state index is 13.6. The predicted octanol–water partition coefficient (Wildman–Crippen LogP) is 2.27. The maximum atomic E-state index is 13.6. The number of nitrogens with one attached hydrogen (secondary N) is 2. The van der Waals surface area contributed by atoms with Crippen molar-refractivity contribution in [2.45, 2.75) is 51.7 Å². The van der Waals surface area contributed by atoms with E-state index in [9.17, 15) is 14.0 Å². The molecular formula is C26H32FN5O5. The third kappa shape index (κ3) is 6.79. The number of oxime groups is 1. The molecule has 10 nitrogen and oxygen atoms in total. The highest BCUT2D eigenvalue weighted by molar-refractivity contribution is 6.01. The second kappa shape index (κ2) is 12.1. The lowest BCUT2D eigenvalue weighted by atomic mass is 9.78. The van der Waals surface area contributed by atoms with Crippen molar-refractivity contribution in [1.29, 1.82) is 0 Å². The van der Waals surface area contributed by atoms with Gasteiger partial charge in [-0.1, -0.05) is 11.2 Å². The average Bonchev–Trinajstić information content (AvgIpc) is 3.41. The number of hydrogen-bond donors (Lipinski definition) is 3. The van der Waals surface area contributed by atoms with Crippen molar-refractivity contribution in [2.24, 2.45) is 17.0 Å². The van der Waals surface area contributed by atoms with Crippen LogP contribution in [0.5, 0.6) is 5.75 Å². The van der Waals surface area contributed by atoms with E-state index in [-0.39, 0.29) is 35.9 Å². The zero-order chi connectivity index (χ0) is 26.4. The van der Waals surface area contributed by atoms with E-state index in [1.54, 1.807) is 19.1 Å². The number of aromatic nitrogens is 2. The van der Waals surface area contributed by atoms with Crippen LogP contribution in [0.3, 0.4) is 0 Å². The Bertz CT molecular complexity index is 1170. The standard InChI is InChI=1S/C26H32FN5O5/c1-15-30-20(10-22(31-15)26(35)29-13-17-5-8-19(27)24(9-17)36-2)21-11-23(37-32-21)18-6-3-16(4-7-18)12-28-25(34)14-33/h5,8-10,16,18,23,33H,3-4,6-7,11-14H2,1-2H3,(H,28,34)(H,29,35)/t16-,18-,23-/m1/s1. The summed E-state index contributed by atoms with van der Waals surface area (Å²) in [6, 6.07) is 6.02. The molecule has 1 aliphatic carbocycles. The molecule has 0 unspecified atom stereocenters. The molecule has 1 aliphatic heterocycles. The van der Waals surface area contributed by atoms with E-state index in [0.29, 0.717) is 47.6 Å². The van der Waals surface area contributed by atoms with Crippen LogP contribution in [0.1, 0.15) is 59.7 Å². The van der Waals surface area contributed by atoms with Crippen LogP contribution in [0.2, 0.25) is 0 Å². The molecule has 11 heteroatoms. The van der Waals surface area contributed by atoms with Crippen LogP contribution in [0.4, 0.5) is 4.39 Å². The van der Waals surface area contributed by atoms with Crippen LogP contribution in [0, 0.1) is 24.6 Å². The van der Waals surface area contributed by atoms with Gasteiger partial charge in [-0.15, -0.1) is 0 Å². The second-order valence-corrected chi connectivity index (χ2v) is 9.47. The quantitative estimate of drug-likeness (QED) is 0.468. The normalized spacial score (nSPS) is 21.1. The van der Waals surface area contributed by atoms with Crippen molar-refractivity contribution in [2.75, 3.05) is 20.3 Å². The van der Waals surface area contributed by atoms with E-state index in [2.05, 4.69) is 25.8 Å². The van der Waals surface area contributed by atoms with Crippen LogP contribution < -0.4 is 15.4 Å². The number of aliphatic hydroxyl groups is 1.